The molecule has 25 heavy (non-hydrogen) atoms. The van der Waals surface area contributed by atoms with Gasteiger partial charge >= 0.3 is 0 Å². The smallest absolute Gasteiger partial charge is 0.257 e. The molecule has 3 rings (SSSR count). The van der Waals surface area contributed by atoms with Crippen LogP contribution in [0.15, 0.2) is 66.7 Å². The van der Waals surface area contributed by atoms with E-state index >= 15 is 0 Å². The average molecular weight is 335 g/mol. The van der Waals surface area contributed by atoms with Gasteiger partial charge in [0.05, 0.1) is 11.6 Å². The number of phenols is 1. The second-order valence-corrected chi connectivity index (χ2v) is 6.04. The molecule has 0 radical (unpaired) electrons. The topological polar surface area (TPSA) is 60.8 Å². The van der Waals surface area contributed by atoms with Gasteiger partial charge in [0.15, 0.2) is 0 Å². The molecule has 0 heterocycles. The van der Waals surface area contributed by atoms with Gasteiger partial charge in [-0.25, -0.2) is 0 Å². The highest BCUT2D eigenvalue weighted by Gasteiger charge is 2.24. The van der Waals surface area contributed by atoms with Crippen molar-refractivity contribution in [3.63, 3.8) is 0 Å². The number of phenolic OH excluding ortho intramolecular Hbond substituents is 1. The van der Waals surface area contributed by atoms with E-state index in [2.05, 4.69) is 0 Å². The highest BCUT2D eigenvalue weighted by Crippen LogP contribution is 2.31. The number of carbonyl (C=O) groups is 1. The highest BCUT2D eigenvalue weighted by molar-refractivity contribution is 6.03. The van der Waals surface area contributed by atoms with Crippen molar-refractivity contribution < 1.29 is 15.0 Å². The molecular formula is C21H21NO3. The van der Waals surface area contributed by atoms with Crippen LogP contribution in [0.1, 0.15) is 28.4 Å². The molecule has 1 atom stereocenters. The molecule has 0 aliphatic heterocycles. The van der Waals surface area contributed by atoms with Gasteiger partial charge in [0, 0.05) is 19.0 Å². The Morgan fingerprint density at radius 1 is 1.00 bits per heavy atom. The fraction of sp³-hybridized carbons (Fsp3) is 0.190. The van der Waals surface area contributed by atoms with Crippen LogP contribution in [-0.2, 0) is 0 Å². The second kappa shape index (κ2) is 7.36. The Hall–Kier alpha value is -2.85. The lowest BCUT2D eigenvalue weighted by atomic mass is 10.0. The first-order valence-corrected chi connectivity index (χ1v) is 8.27. The number of carbonyl (C=O) groups excluding carboxylic acids is 1. The van der Waals surface area contributed by atoms with E-state index < -0.39 is 0 Å². The van der Waals surface area contributed by atoms with Gasteiger partial charge in [-0.15, -0.1) is 0 Å². The lowest BCUT2D eigenvalue weighted by Crippen LogP contribution is -2.32. The summed E-state index contributed by atoms with van der Waals surface area (Å²) >= 11 is 0. The summed E-state index contributed by atoms with van der Waals surface area (Å²) in [7, 11) is 1.70. The van der Waals surface area contributed by atoms with Gasteiger partial charge in [-0.05, 0) is 23.4 Å². The lowest BCUT2D eigenvalue weighted by Gasteiger charge is -2.28. The summed E-state index contributed by atoms with van der Waals surface area (Å²) in [6.07, 6.45) is 0.431. The first-order valence-electron chi connectivity index (χ1n) is 8.27. The molecule has 1 unspecified atom stereocenters. The van der Waals surface area contributed by atoms with Gasteiger partial charge in [0.25, 0.3) is 5.91 Å². The van der Waals surface area contributed by atoms with Gasteiger partial charge < -0.3 is 15.1 Å². The second-order valence-electron chi connectivity index (χ2n) is 6.04. The number of amides is 1. The van der Waals surface area contributed by atoms with E-state index in [0.717, 1.165) is 10.9 Å². The highest BCUT2D eigenvalue weighted by atomic mass is 16.3. The molecule has 0 saturated heterocycles. The molecule has 0 saturated carbocycles. The Bertz CT molecular complexity index is 877. The van der Waals surface area contributed by atoms with E-state index in [9.17, 15) is 15.0 Å². The van der Waals surface area contributed by atoms with Crippen LogP contribution >= 0.6 is 0 Å². The standard InChI is InChI=1S/C21H21NO3/c1-22(19(13-14-23)16-8-3-2-4-9-16)21(25)18-12-11-15-7-5-6-10-17(15)20(18)24/h2-12,19,23-24H,13-14H2,1H3. The normalized spacial score (nSPS) is 12.1. The SMILES string of the molecule is CN(C(=O)c1ccc2ccccc2c1O)C(CCO)c1ccccc1. The summed E-state index contributed by atoms with van der Waals surface area (Å²) in [4.78, 5) is 14.6. The van der Waals surface area contributed by atoms with E-state index in [1.807, 2.05) is 54.6 Å². The molecule has 3 aromatic rings. The van der Waals surface area contributed by atoms with Crippen LogP contribution in [0, 0.1) is 0 Å². The van der Waals surface area contributed by atoms with Crippen LogP contribution in [0.3, 0.4) is 0 Å². The first kappa shape index (κ1) is 17.0. The van der Waals surface area contributed by atoms with Crippen molar-refractivity contribution in [3.05, 3.63) is 77.9 Å². The zero-order valence-corrected chi connectivity index (χ0v) is 14.1. The molecule has 0 aromatic heterocycles. The third-order valence-corrected chi connectivity index (χ3v) is 4.51. The van der Waals surface area contributed by atoms with Crippen molar-refractivity contribution in [3.8, 4) is 5.75 Å². The molecular weight excluding hydrogens is 314 g/mol. The fourth-order valence-corrected chi connectivity index (χ4v) is 3.14. The molecule has 3 aromatic carbocycles. The maximum atomic E-state index is 13.0. The lowest BCUT2D eigenvalue weighted by molar-refractivity contribution is 0.0702. The Morgan fingerprint density at radius 3 is 2.40 bits per heavy atom. The Kier molecular flexibility index (Phi) is 5.00. The summed E-state index contributed by atoms with van der Waals surface area (Å²) in [6.45, 7) is -0.0269. The van der Waals surface area contributed by atoms with E-state index in [-0.39, 0.29) is 29.9 Å². The van der Waals surface area contributed by atoms with Crippen LogP contribution in [0.4, 0.5) is 0 Å². The number of fused-ring (bicyclic) bond motifs is 1. The zero-order chi connectivity index (χ0) is 17.8. The number of aromatic hydroxyl groups is 1. The molecule has 1 amide bonds. The summed E-state index contributed by atoms with van der Waals surface area (Å²) in [5.74, 6) is -0.281. The molecule has 4 heteroatoms. The Labute approximate surface area is 147 Å². The van der Waals surface area contributed by atoms with Gasteiger partial charge in [-0.2, -0.15) is 0 Å². The molecule has 4 nitrogen and oxygen atoms in total. The number of rotatable bonds is 5. The predicted molar refractivity (Wildman–Crippen MR) is 98.6 cm³/mol. The van der Waals surface area contributed by atoms with Crippen molar-refractivity contribution in [2.75, 3.05) is 13.7 Å². The van der Waals surface area contributed by atoms with Gasteiger partial charge in [-0.3, -0.25) is 4.79 Å². The molecule has 0 aliphatic carbocycles. The van der Waals surface area contributed by atoms with E-state index in [0.29, 0.717) is 11.8 Å². The Morgan fingerprint density at radius 2 is 1.68 bits per heavy atom. The van der Waals surface area contributed by atoms with Crippen molar-refractivity contribution in [1.29, 1.82) is 0 Å². The molecule has 0 bridgehead atoms. The molecule has 0 fully saturated rings. The summed E-state index contributed by atoms with van der Waals surface area (Å²) in [5, 5.41) is 21.5. The van der Waals surface area contributed by atoms with Gasteiger partial charge in [0.1, 0.15) is 5.75 Å². The maximum absolute atomic E-state index is 13.0. The van der Waals surface area contributed by atoms with Crippen LogP contribution in [0.2, 0.25) is 0 Å². The third kappa shape index (κ3) is 3.35. The largest absolute Gasteiger partial charge is 0.506 e. The Balaban J connectivity index is 1.97. The van der Waals surface area contributed by atoms with Crippen LogP contribution in [0.25, 0.3) is 10.8 Å². The average Bonchev–Trinajstić information content (AvgIpc) is 2.66. The van der Waals surface area contributed by atoms with E-state index in [4.69, 9.17) is 0 Å². The molecule has 2 N–H and O–H groups in total. The number of benzene rings is 3. The van der Waals surface area contributed by atoms with Crippen molar-refractivity contribution in [2.24, 2.45) is 0 Å². The minimum absolute atomic E-state index is 0.00856. The summed E-state index contributed by atoms with van der Waals surface area (Å²) < 4.78 is 0. The monoisotopic (exact) mass is 335 g/mol. The molecule has 0 spiro atoms. The summed E-state index contributed by atoms with van der Waals surface area (Å²) in [5.41, 5.74) is 1.22. The number of aliphatic hydroxyl groups is 1. The zero-order valence-electron chi connectivity index (χ0n) is 14.1. The third-order valence-electron chi connectivity index (χ3n) is 4.51. The van der Waals surface area contributed by atoms with Crippen LogP contribution < -0.4 is 0 Å². The number of aliphatic hydroxyl groups excluding tert-OH is 1. The first-order chi connectivity index (χ1) is 12.1. The number of nitrogens with zero attached hydrogens (tertiary/aromatic N) is 1. The molecule has 0 aliphatic rings. The van der Waals surface area contributed by atoms with E-state index in [1.54, 1.807) is 24.1 Å². The number of hydrogen-bond donors (Lipinski definition) is 2. The minimum atomic E-state index is -0.273. The van der Waals surface area contributed by atoms with Gasteiger partial charge in [0.2, 0.25) is 0 Å². The fourth-order valence-electron chi connectivity index (χ4n) is 3.14. The molecule has 128 valence electrons. The number of hydrogen-bond acceptors (Lipinski definition) is 3. The van der Waals surface area contributed by atoms with Crippen molar-refractivity contribution in [2.45, 2.75) is 12.5 Å². The van der Waals surface area contributed by atoms with Crippen molar-refractivity contribution >= 4 is 16.7 Å². The van der Waals surface area contributed by atoms with Crippen molar-refractivity contribution in [1.82, 2.24) is 4.90 Å². The maximum Gasteiger partial charge on any atom is 0.257 e. The van der Waals surface area contributed by atoms with Crippen LogP contribution in [0.5, 0.6) is 5.75 Å². The predicted octanol–water partition coefficient (Wildman–Crippen LogP) is 3.74. The van der Waals surface area contributed by atoms with Crippen LogP contribution in [-0.4, -0.2) is 34.7 Å². The van der Waals surface area contributed by atoms with E-state index in [1.165, 1.54) is 0 Å². The minimum Gasteiger partial charge on any atom is -0.506 e. The summed E-state index contributed by atoms with van der Waals surface area (Å²) in [6, 6.07) is 20.2. The van der Waals surface area contributed by atoms with Gasteiger partial charge in [-0.1, -0.05) is 60.7 Å². The quantitative estimate of drug-likeness (QED) is 0.747.